The Morgan fingerprint density at radius 3 is 2.93 bits per heavy atom. The lowest BCUT2D eigenvalue weighted by atomic mass is 9.81. The molecule has 0 saturated heterocycles. The van der Waals surface area contributed by atoms with Gasteiger partial charge >= 0.3 is 0 Å². The van der Waals surface area contributed by atoms with Crippen LogP contribution in [0.4, 0.5) is 0 Å². The van der Waals surface area contributed by atoms with Crippen molar-refractivity contribution >= 4 is 11.6 Å². The van der Waals surface area contributed by atoms with Crippen LogP contribution >= 0.6 is 11.6 Å². The minimum absolute atomic E-state index is 0.683. The standard InChI is InChI=1S/C13H18ClN/c1-15-13-7-3-5-11(9-13)10-4-2-6-12(14)8-10/h2,4,6,8,11,13,15H,3,5,7,9H2,1H3. The van der Waals surface area contributed by atoms with Crippen LogP contribution in [-0.2, 0) is 0 Å². The molecule has 0 radical (unpaired) electrons. The predicted molar refractivity (Wildman–Crippen MR) is 65.5 cm³/mol. The van der Waals surface area contributed by atoms with E-state index in [1.54, 1.807) is 0 Å². The molecule has 2 atom stereocenters. The van der Waals surface area contributed by atoms with Crippen molar-refractivity contribution in [1.29, 1.82) is 0 Å². The molecule has 1 aliphatic carbocycles. The summed E-state index contributed by atoms with van der Waals surface area (Å²) in [4.78, 5) is 0. The van der Waals surface area contributed by atoms with Crippen LogP contribution in [-0.4, -0.2) is 13.1 Å². The van der Waals surface area contributed by atoms with Crippen LogP contribution in [0.2, 0.25) is 5.02 Å². The Kier molecular flexibility index (Phi) is 3.66. The van der Waals surface area contributed by atoms with Crippen LogP contribution in [0.3, 0.4) is 0 Å². The third-order valence-corrected chi connectivity index (χ3v) is 3.64. The fourth-order valence-corrected chi connectivity index (χ4v) is 2.71. The molecule has 0 amide bonds. The summed E-state index contributed by atoms with van der Waals surface area (Å²) in [6.45, 7) is 0. The van der Waals surface area contributed by atoms with Crippen LogP contribution in [0.15, 0.2) is 24.3 Å². The fraction of sp³-hybridized carbons (Fsp3) is 0.538. The molecule has 1 aliphatic rings. The molecule has 2 heteroatoms. The second-order valence-electron chi connectivity index (χ2n) is 4.40. The van der Waals surface area contributed by atoms with Crippen LogP contribution in [0.5, 0.6) is 0 Å². The first-order valence-corrected chi connectivity index (χ1v) is 6.10. The van der Waals surface area contributed by atoms with E-state index in [9.17, 15) is 0 Å². The molecule has 2 unspecified atom stereocenters. The van der Waals surface area contributed by atoms with Gasteiger partial charge in [0.15, 0.2) is 0 Å². The summed E-state index contributed by atoms with van der Waals surface area (Å²) in [5.41, 5.74) is 1.41. The Morgan fingerprint density at radius 2 is 2.20 bits per heavy atom. The highest BCUT2D eigenvalue weighted by atomic mass is 35.5. The molecule has 1 fully saturated rings. The summed E-state index contributed by atoms with van der Waals surface area (Å²) in [6, 6.07) is 9.01. The highest BCUT2D eigenvalue weighted by Gasteiger charge is 2.21. The van der Waals surface area contributed by atoms with E-state index >= 15 is 0 Å². The summed E-state index contributed by atoms with van der Waals surface area (Å²) in [5.74, 6) is 0.690. The van der Waals surface area contributed by atoms with Crippen molar-refractivity contribution in [2.45, 2.75) is 37.6 Å². The van der Waals surface area contributed by atoms with Crippen molar-refractivity contribution in [2.75, 3.05) is 7.05 Å². The van der Waals surface area contributed by atoms with Crippen LogP contribution < -0.4 is 5.32 Å². The van der Waals surface area contributed by atoms with E-state index in [0.717, 1.165) is 5.02 Å². The Morgan fingerprint density at radius 1 is 1.33 bits per heavy atom. The number of benzene rings is 1. The van der Waals surface area contributed by atoms with Crippen LogP contribution in [0, 0.1) is 0 Å². The van der Waals surface area contributed by atoms with Gasteiger partial charge in [-0.1, -0.05) is 30.2 Å². The van der Waals surface area contributed by atoms with Crippen molar-refractivity contribution < 1.29 is 0 Å². The average molecular weight is 224 g/mol. The second kappa shape index (κ2) is 5.00. The monoisotopic (exact) mass is 223 g/mol. The first-order valence-electron chi connectivity index (χ1n) is 5.72. The van der Waals surface area contributed by atoms with E-state index in [2.05, 4.69) is 30.6 Å². The summed E-state index contributed by atoms with van der Waals surface area (Å²) in [6.07, 6.45) is 5.19. The molecule has 0 bridgehead atoms. The van der Waals surface area contributed by atoms with Crippen LogP contribution in [0.1, 0.15) is 37.2 Å². The van der Waals surface area contributed by atoms with Gasteiger partial charge in [-0.05, 0) is 49.9 Å². The molecule has 15 heavy (non-hydrogen) atoms. The molecule has 82 valence electrons. The lowest BCUT2D eigenvalue weighted by molar-refractivity contribution is 0.355. The van der Waals surface area contributed by atoms with Crippen molar-refractivity contribution in [1.82, 2.24) is 5.32 Å². The molecule has 0 aromatic heterocycles. The topological polar surface area (TPSA) is 12.0 Å². The number of nitrogens with one attached hydrogen (secondary N) is 1. The number of rotatable bonds is 2. The maximum Gasteiger partial charge on any atom is 0.0408 e. The SMILES string of the molecule is CNC1CCCC(c2cccc(Cl)c2)C1. The number of halogens is 1. The largest absolute Gasteiger partial charge is 0.317 e. The highest BCUT2D eigenvalue weighted by molar-refractivity contribution is 6.30. The zero-order valence-corrected chi connectivity index (χ0v) is 9.93. The van der Waals surface area contributed by atoms with Crippen LogP contribution in [0.25, 0.3) is 0 Å². The minimum atomic E-state index is 0.683. The van der Waals surface area contributed by atoms with Gasteiger partial charge in [-0.2, -0.15) is 0 Å². The van der Waals surface area contributed by atoms with Crippen molar-refractivity contribution in [3.05, 3.63) is 34.9 Å². The zero-order valence-electron chi connectivity index (χ0n) is 9.17. The van der Waals surface area contributed by atoms with E-state index in [1.165, 1.54) is 31.2 Å². The fourth-order valence-electron chi connectivity index (χ4n) is 2.52. The molecule has 0 heterocycles. The first-order chi connectivity index (χ1) is 7.29. The Balaban J connectivity index is 2.09. The zero-order chi connectivity index (χ0) is 10.7. The smallest absolute Gasteiger partial charge is 0.0408 e. The summed E-state index contributed by atoms with van der Waals surface area (Å²) < 4.78 is 0. The third-order valence-electron chi connectivity index (χ3n) is 3.40. The number of hydrogen-bond donors (Lipinski definition) is 1. The Hall–Kier alpha value is -0.530. The molecule has 2 rings (SSSR count). The van der Waals surface area contributed by atoms with E-state index < -0.39 is 0 Å². The molecule has 1 aromatic carbocycles. The molecule has 0 aliphatic heterocycles. The molecule has 1 nitrogen and oxygen atoms in total. The summed E-state index contributed by atoms with van der Waals surface area (Å²) >= 11 is 6.02. The van der Waals surface area contributed by atoms with E-state index in [0.29, 0.717) is 12.0 Å². The van der Waals surface area contributed by atoms with Gasteiger partial charge in [0.2, 0.25) is 0 Å². The van der Waals surface area contributed by atoms with Gasteiger partial charge in [0.1, 0.15) is 0 Å². The van der Waals surface area contributed by atoms with Gasteiger partial charge in [0, 0.05) is 11.1 Å². The van der Waals surface area contributed by atoms with Gasteiger partial charge in [0.25, 0.3) is 0 Å². The molecule has 0 spiro atoms. The Labute approximate surface area is 96.8 Å². The maximum absolute atomic E-state index is 6.02. The average Bonchev–Trinajstić information content (AvgIpc) is 2.29. The lowest BCUT2D eigenvalue weighted by Crippen LogP contribution is -2.30. The molecule has 1 saturated carbocycles. The lowest BCUT2D eigenvalue weighted by Gasteiger charge is -2.29. The van der Waals surface area contributed by atoms with E-state index in [1.807, 2.05) is 6.07 Å². The first kappa shape index (κ1) is 11.0. The van der Waals surface area contributed by atoms with Gasteiger partial charge < -0.3 is 5.32 Å². The summed E-state index contributed by atoms with van der Waals surface area (Å²) in [5, 5.41) is 4.25. The quantitative estimate of drug-likeness (QED) is 0.808. The molecular weight excluding hydrogens is 206 g/mol. The van der Waals surface area contributed by atoms with E-state index in [-0.39, 0.29) is 0 Å². The number of hydrogen-bond acceptors (Lipinski definition) is 1. The minimum Gasteiger partial charge on any atom is -0.317 e. The summed E-state index contributed by atoms with van der Waals surface area (Å²) in [7, 11) is 2.06. The van der Waals surface area contributed by atoms with Gasteiger partial charge in [0.05, 0.1) is 0 Å². The highest BCUT2D eigenvalue weighted by Crippen LogP contribution is 2.33. The second-order valence-corrected chi connectivity index (χ2v) is 4.84. The molecule has 1 N–H and O–H groups in total. The normalized spacial score (nSPS) is 26.5. The van der Waals surface area contributed by atoms with Gasteiger partial charge in [-0.3, -0.25) is 0 Å². The van der Waals surface area contributed by atoms with Gasteiger partial charge in [-0.15, -0.1) is 0 Å². The van der Waals surface area contributed by atoms with Crippen molar-refractivity contribution in [3.63, 3.8) is 0 Å². The predicted octanol–water partition coefficient (Wildman–Crippen LogP) is 3.59. The van der Waals surface area contributed by atoms with Crippen molar-refractivity contribution in [3.8, 4) is 0 Å². The van der Waals surface area contributed by atoms with Crippen molar-refractivity contribution in [2.24, 2.45) is 0 Å². The third kappa shape index (κ3) is 2.73. The van der Waals surface area contributed by atoms with E-state index in [4.69, 9.17) is 11.6 Å². The Bertz CT molecular complexity index is 324. The molecular formula is C13H18ClN. The molecule has 1 aromatic rings. The van der Waals surface area contributed by atoms with Gasteiger partial charge in [-0.25, -0.2) is 0 Å². The maximum atomic E-state index is 6.02.